The predicted molar refractivity (Wildman–Crippen MR) is 103 cm³/mol. The molecule has 132 valence electrons. The first-order chi connectivity index (χ1) is 12.3. The van der Waals surface area contributed by atoms with Crippen LogP contribution in [-0.2, 0) is 11.2 Å². The number of piperidine rings is 1. The number of nitrogens with zero attached hydrogens (tertiary/aromatic N) is 2. The summed E-state index contributed by atoms with van der Waals surface area (Å²) in [7, 11) is 0. The highest BCUT2D eigenvalue weighted by atomic mass is 16.1. The molecule has 4 nitrogen and oxygen atoms in total. The summed E-state index contributed by atoms with van der Waals surface area (Å²) in [6, 6.07) is 14.2. The van der Waals surface area contributed by atoms with Gasteiger partial charge in [0.2, 0.25) is 5.91 Å². The third-order valence-electron chi connectivity index (χ3n) is 4.81. The fourth-order valence-corrected chi connectivity index (χ4v) is 3.32. The summed E-state index contributed by atoms with van der Waals surface area (Å²) < 4.78 is 0. The van der Waals surface area contributed by atoms with Crippen molar-refractivity contribution < 1.29 is 4.79 Å². The van der Waals surface area contributed by atoms with Crippen molar-refractivity contribution in [3.8, 4) is 0 Å². The van der Waals surface area contributed by atoms with Gasteiger partial charge in [-0.2, -0.15) is 0 Å². The molecule has 1 aromatic heterocycles. The molecule has 1 atom stereocenters. The number of hydrogen-bond acceptors (Lipinski definition) is 3. The summed E-state index contributed by atoms with van der Waals surface area (Å²) in [4.78, 5) is 19.3. The zero-order chi connectivity index (χ0) is 17.5. The van der Waals surface area contributed by atoms with Crippen molar-refractivity contribution in [2.75, 3.05) is 23.3 Å². The fraction of sp³-hybridized carbons (Fsp3) is 0.429. The third kappa shape index (κ3) is 4.81. The molecule has 1 aliphatic heterocycles. The van der Waals surface area contributed by atoms with Gasteiger partial charge in [-0.15, -0.1) is 0 Å². The Kier molecular flexibility index (Phi) is 6.04. The lowest BCUT2D eigenvalue weighted by atomic mass is 9.97. The maximum atomic E-state index is 12.6. The van der Waals surface area contributed by atoms with Gasteiger partial charge in [-0.1, -0.05) is 31.5 Å². The van der Waals surface area contributed by atoms with Crippen molar-refractivity contribution in [2.45, 2.75) is 39.0 Å². The Morgan fingerprint density at radius 3 is 2.80 bits per heavy atom. The Labute approximate surface area is 150 Å². The van der Waals surface area contributed by atoms with E-state index in [2.05, 4.69) is 34.3 Å². The lowest BCUT2D eigenvalue weighted by molar-refractivity contribution is -0.120. The first-order valence-corrected chi connectivity index (χ1v) is 9.32. The van der Waals surface area contributed by atoms with Gasteiger partial charge in [0.15, 0.2) is 0 Å². The minimum Gasteiger partial charge on any atom is -0.356 e. The second-order valence-corrected chi connectivity index (χ2v) is 6.76. The fourth-order valence-electron chi connectivity index (χ4n) is 3.32. The first kappa shape index (κ1) is 17.5. The summed E-state index contributed by atoms with van der Waals surface area (Å²) in [6.07, 6.45) is 7.27. The summed E-state index contributed by atoms with van der Waals surface area (Å²) in [5.41, 5.74) is 2.22. The quantitative estimate of drug-likeness (QED) is 0.856. The lowest BCUT2D eigenvalue weighted by Gasteiger charge is -2.32. The molecule has 0 aliphatic carbocycles. The number of aryl methyl sites for hydroxylation is 1. The van der Waals surface area contributed by atoms with Crippen LogP contribution >= 0.6 is 0 Å². The van der Waals surface area contributed by atoms with Crippen LogP contribution in [0.4, 0.5) is 11.5 Å². The molecule has 1 amide bonds. The van der Waals surface area contributed by atoms with E-state index >= 15 is 0 Å². The Hall–Kier alpha value is -2.36. The molecule has 4 heteroatoms. The molecular formula is C21H27N3O. The van der Waals surface area contributed by atoms with Crippen LogP contribution in [0, 0.1) is 5.92 Å². The zero-order valence-electron chi connectivity index (χ0n) is 14.9. The average Bonchev–Trinajstić information content (AvgIpc) is 2.68. The topological polar surface area (TPSA) is 45.2 Å². The van der Waals surface area contributed by atoms with Crippen LogP contribution in [0.3, 0.4) is 0 Å². The molecule has 25 heavy (non-hydrogen) atoms. The van der Waals surface area contributed by atoms with Gasteiger partial charge in [0.05, 0.1) is 5.92 Å². The summed E-state index contributed by atoms with van der Waals surface area (Å²) in [5.74, 6) is 1.08. The highest BCUT2D eigenvalue weighted by Crippen LogP contribution is 2.23. The van der Waals surface area contributed by atoms with Crippen LogP contribution in [0.2, 0.25) is 0 Å². The molecule has 0 spiro atoms. The number of aromatic nitrogens is 1. The minimum atomic E-state index is 0.00974. The first-order valence-electron chi connectivity index (χ1n) is 9.32. The van der Waals surface area contributed by atoms with Crippen LogP contribution in [0.1, 0.15) is 38.2 Å². The molecule has 1 N–H and O–H groups in total. The van der Waals surface area contributed by atoms with E-state index in [1.807, 2.05) is 30.3 Å². The van der Waals surface area contributed by atoms with Crippen LogP contribution in [0.5, 0.6) is 0 Å². The standard InChI is InChI=1S/C21H27N3O/c1-2-3-7-17-10-12-19(13-11-17)23-21(25)18-8-6-15-24(16-18)20-9-4-5-14-22-20/h4-5,9-14,18H,2-3,6-8,15-16H2,1H3,(H,23,25)/t18-/m0/s1. The van der Waals surface area contributed by atoms with Gasteiger partial charge in [-0.05, 0) is 55.5 Å². The number of carbonyl (C=O) groups excluding carboxylic acids is 1. The molecule has 1 fully saturated rings. The van der Waals surface area contributed by atoms with Crippen molar-refractivity contribution in [2.24, 2.45) is 5.92 Å². The van der Waals surface area contributed by atoms with Gasteiger partial charge < -0.3 is 10.2 Å². The van der Waals surface area contributed by atoms with Crippen LogP contribution in [0.25, 0.3) is 0 Å². The van der Waals surface area contributed by atoms with Crippen molar-refractivity contribution in [3.63, 3.8) is 0 Å². The Bertz CT molecular complexity index is 669. The molecule has 2 aromatic rings. The Morgan fingerprint density at radius 2 is 2.08 bits per heavy atom. The lowest BCUT2D eigenvalue weighted by Crippen LogP contribution is -2.41. The summed E-state index contributed by atoms with van der Waals surface area (Å²) in [5, 5.41) is 3.08. The molecule has 2 heterocycles. The number of benzene rings is 1. The molecule has 0 bridgehead atoms. The maximum absolute atomic E-state index is 12.6. The second-order valence-electron chi connectivity index (χ2n) is 6.76. The zero-order valence-corrected chi connectivity index (χ0v) is 14.9. The van der Waals surface area contributed by atoms with E-state index in [4.69, 9.17) is 0 Å². The Morgan fingerprint density at radius 1 is 1.24 bits per heavy atom. The van der Waals surface area contributed by atoms with Gasteiger partial charge in [-0.3, -0.25) is 4.79 Å². The molecular weight excluding hydrogens is 310 g/mol. The molecule has 1 aliphatic rings. The van der Waals surface area contributed by atoms with E-state index < -0.39 is 0 Å². The summed E-state index contributed by atoms with van der Waals surface area (Å²) >= 11 is 0. The number of amides is 1. The van der Waals surface area contributed by atoms with Gasteiger partial charge in [-0.25, -0.2) is 4.98 Å². The van der Waals surface area contributed by atoms with E-state index in [0.717, 1.165) is 43.9 Å². The Balaban J connectivity index is 1.57. The molecule has 0 saturated carbocycles. The van der Waals surface area contributed by atoms with E-state index in [9.17, 15) is 4.79 Å². The average molecular weight is 337 g/mol. The third-order valence-corrected chi connectivity index (χ3v) is 4.81. The number of rotatable bonds is 6. The van der Waals surface area contributed by atoms with Gasteiger partial charge in [0, 0.05) is 25.0 Å². The largest absolute Gasteiger partial charge is 0.356 e. The number of nitrogens with one attached hydrogen (secondary N) is 1. The van der Waals surface area contributed by atoms with Crippen molar-refractivity contribution >= 4 is 17.4 Å². The SMILES string of the molecule is CCCCc1ccc(NC(=O)[C@H]2CCCN(c3ccccn3)C2)cc1. The normalized spacial score (nSPS) is 17.3. The van der Waals surface area contributed by atoms with Crippen LogP contribution < -0.4 is 10.2 Å². The highest BCUT2D eigenvalue weighted by molar-refractivity contribution is 5.93. The van der Waals surface area contributed by atoms with Crippen LogP contribution in [0.15, 0.2) is 48.7 Å². The number of unbranched alkanes of at least 4 members (excludes halogenated alkanes) is 1. The smallest absolute Gasteiger partial charge is 0.229 e. The monoisotopic (exact) mass is 337 g/mol. The van der Waals surface area contributed by atoms with Crippen molar-refractivity contribution in [1.29, 1.82) is 0 Å². The van der Waals surface area contributed by atoms with Crippen molar-refractivity contribution in [3.05, 3.63) is 54.2 Å². The molecule has 3 rings (SSSR count). The van der Waals surface area contributed by atoms with Crippen LogP contribution in [-0.4, -0.2) is 24.0 Å². The van der Waals surface area contributed by atoms with E-state index in [1.165, 1.54) is 18.4 Å². The molecule has 1 aromatic carbocycles. The van der Waals surface area contributed by atoms with Gasteiger partial charge in [0.25, 0.3) is 0 Å². The van der Waals surface area contributed by atoms with E-state index in [-0.39, 0.29) is 11.8 Å². The summed E-state index contributed by atoms with van der Waals surface area (Å²) in [6.45, 7) is 3.90. The number of anilines is 2. The van der Waals surface area contributed by atoms with Gasteiger partial charge in [0.1, 0.15) is 5.82 Å². The number of hydrogen-bond donors (Lipinski definition) is 1. The molecule has 0 unspecified atom stereocenters. The molecule has 0 radical (unpaired) electrons. The van der Waals surface area contributed by atoms with E-state index in [0.29, 0.717) is 0 Å². The van der Waals surface area contributed by atoms with Crippen molar-refractivity contribution in [1.82, 2.24) is 4.98 Å². The minimum absolute atomic E-state index is 0.00974. The number of carbonyl (C=O) groups is 1. The molecule has 1 saturated heterocycles. The maximum Gasteiger partial charge on any atom is 0.229 e. The highest BCUT2D eigenvalue weighted by Gasteiger charge is 2.26. The van der Waals surface area contributed by atoms with E-state index in [1.54, 1.807) is 6.20 Å². The predicted octanol–water partition coefficient (Wildman–Crippen LogP) is 4.28. The number of pyridine rings is 1. The second kappa shape index (κ2) is 8.65. The van der Waals surface area contributed by atoms with Gasteiger partial charge >= 0.3 is 0 Å².